The van der Waals surface area contributed by atoms with Crippen LogP contribution in [0.1, 0.15) is 19.4 Å². The Morgan fingerprint density at radius 3 is 2.14 bits per heavy atom. The molecule has 0 aliphatic carbocycles. The summed E-state index contributed by atoms with van der Waals surface area (Å²) < 4.78 is 0. The van der Waals surface area contributed by atoms with Crippen LogP contribution in [0.4, 0.5) is 0 Å². The molecule has 0 fully saturated rings. The number of benzene rings is 1. The topological polar surface area (TPSA) is 23.8 Å². The van der Waals surface area contributed by atoms with Gasteiger partial charge >= 0.3 is 0 Å². The van der Waals surface area contributed by atoms with Crippen molar-refractivity contribution in [3.05, 3.63) is 32.8 Å². The van der Waals surface area contributed by atoms with Gasteiger partial charge in [-0.15, -0.1) is 0 Å². The Morgan fingerprint density at radius 2 is 1.64 bits per heavy atom. The maximum absolute atomic E-state index is 8.98. The predicted octanol–water partition coefficient (Wildman–Crippen LogP) is 4.45. The molecule has 1 nitrogen and oxygen atoms in total. The minimum atomic E-state index is -0.737. The van der Waals surface area contributed by atoms with Crippen LogP contribution >= 0.6 is 34.8 Å². The van der Waals surface area contributed by atoms with E-state index < -0.39 is 5.41 Å². The zero-order chi connectivity index (χ0) is 10.9. The molecule has 0 radical (unpaired) electrons. The minimum absolute atomic E-state index is 0.353. The van der Waals surface area contributed by atoms with Gasteiger partial charge in [0.15, 0.2) is 0 Å². The molecule has 0 atom stereocenters. The van der Waals surface area contributed by atoms with Gasteiger partial charge in [-0.2, -0.15) is 5.26 Å². The van der Waals surface area contributed by atoms with Gasteiger partial charge in [-0.3, -0.25) is 0 Å². The number of nitriles is 1. The van der Waals surface area contributed by atoms with Gasteiger partial charge in [0.05, 0.1) is 21.5 Å². The van der Waals surface area contributed by atoms with E-state index in [1.54, 1.807) is 26.0 Å². The molecule has 1 rings (SSSR count). The molecule has 14 heavy (non-hydrogen) atoms. The highest BCUT2D eigenvalue weighted by Crippen LogP contribution is 2.39. The Hall–Kier alpha value is -0.420. The summed E-state index contributed by atoms with van der Waals surface area (Å²) in [5.74, 6) is 0. The van der Waals surface area contributed by atoms with Crippen molar-refractivity contribution in [1.29, 1.82) is 5.26 Å². The third-order valence-electron chi connectivity index (χ3n) is 1.95. The van der Waals surface area contributed by atoms with Gasteiger partial charge in [-0.25, -0.2) is 0 Å². The van der Waals surface area contributed by atoms with Gasteiger partial charge < -0.3 is 0 Å². The van der Waals surface area contributed by atoms with Crippen LogP contribution in [-0.4, -0.2) is 0 Å². The van der Waals surface area contributed by atoms with Crippen LogP contribution in [0.15, 0.2) is 12.1 Å². The van der Waals surface area contributed by atoms with Gasteiger partial charge in [0, 0.05) is 10.6 Å². The third kappa shape index (κ3) is 1.98. The minimum Gasteiger partial charge on any atom is -0.197 e. The second kappa shape index (κ2) is 3.98. The van der Waals surface area contributed by atoms with E-state index >= 15 is 0 Å². The molecule has 0 bridgehead atoms. The average molecular weight is 249 g/mol. The van der Waals surface area contributed by atoms with E-state index in [0.29, 0.717) is 20.6 Å². The van der Waals surface area contributed by atoms with E-state index in [1.165, 1.54) is 0 Å². The van der Waals surface area contributed by atoms with Crippen LogP contribution in [0.25, 0.3) is 0 Å². The quantitative estimate of drug-likeness (QED) is 0.674. The summed E-state index contributed by atoms with van der Waals surface area (Å²) in [6, 6.07) is 5.40. The van der Waals surface area contributed by atoms with Crippen LogP contribution in [0.5, 0.6) is 0 Å². The molecular weight excluding hydrogens is 240 g/mol. The maximum Gasteiger partial charge on any atom is 0.0795 e. The first-order valence-corrected chi connectivity index (χ1v) is 5.09. The van der Waals surface area contributed by atoms with Crippen molar-refractivity contribution in [2.45, 2.75) is 19.3 Å². The fourth-order valence-corrected chi connectivity index (χ4v) is 2.16. The lowest BCUT2D eigenvalue weighted by Gasteiger charge is -2.19. The number of nitrogens with zero attached hydrogens (tertiary/aromatic N) is 1. The summed E-state index contributed by atoms with van der Waals surface area (Å²) in [6.45, 7) is 3.49. The molecule has 1 aromatic carbocycles. The molecule has 74 valence electrons. The SMILES string of the molecule is CC(C)(C#N)c1c(Cl)ccc(Cl)c1Cl. The highest BCUT2D eigenvalue weighted by atomic mass is 35.5. The fourth-order valence-electron chi connectivity index (χ4n) is 1.16. The summed E-state index contributed by atoms with van der Waals surface area (Å²) in [7, 11) is 0. The molecule has 0 N–H and O–H groups in total. The van der Waals surface area contributed by atoms with Crippen molar-refractivity contribution < 1.29 is 0 Å². The monoisotopic (exact) mass is 247 g/mol. The Bertz CT molecular complexity index is 405. The second-order valence-electron chi connectivity index (χ2n) is 3.45. The molecular formula is C10H8Cl3N. The van der Waals surface area contributed by atoms with Crippen LogP contribution < -0.4 is 0 Å². The highest BCUT2D eigenvalue weighted by molar-refractivity contribution is 6.44. The van der Waals surface area contributed by atoms with Gasteiger partial charge in [0.25, 0.3) is 0 Å². The molecule has 0 saturated carbocycles. The number of hydrogen-bond acceptors (Lipinski definition) is 1. The first-order valence-electron chi connectivity index (χ1n) is 3.95. The summed E-state index contributed by atoms with van der Waals surface area (Å²) in [6.07, 6.45) is 0. The largest absolute Gasteiger partial charge is 0.197 e. The summed E-state index contributed by atoms with van der Waals surface area (Å²) >= 11 is 17.8. The first kappa shape index (κ1) is 11.7. The third-order valence-corrected chi connectivity index (χ3v) is 3.07. The molecule has 1 aromatic rings. The zero-order valence-corrected chi connectivity index (χ0v) is 10.0. The Kier molecular flexibility index (Phi) is 3.32. The lowest BCUT2D eigenvalue weighted by atomic mass is 9.86. The number of rotatable bonds is 1. The smallest absolute Gasteiger partial charge is 0.0795 e. The van der Waals surface area contributed by atoms with Crippen LogP contribution in [0.2, 0.25) is 15.1 Å². The van der Waals surface area contributed by atoms with Gasteiger partial charge in [-0.05, 0) is 26.0 Å². The maximum atomic E-state index is 8.98. The lowest BCUT2D eigenvalue weighted by Crippen LogP contribution is -2.15. The van der Waals surface area contributed by atoms with Crippen molar-refractivity contribution in [3.8, 4) is 6.07 Å². The average Bonchev–Trinajstić information content (AvgIpc) is 2.12. The van der Waals surface area contributed by atoms with Gasteiger partial charge in [0.1, 0.15) is 0 Å². The van der Waals surface area contributed by atoms with Crippen LogP contribution in [0.3, 0.4) is 0 Å². The Labute approximate surface area is 98.2 Å². The molecule has 0 unspecified atom stereocenters. The van der Waals surface area contributed by atoms with E-state index in [0.717, 1.165) is 0 Å². The highest BCUT2D eigenvalue weighted by Gasteiger charge is 2.26. The molecule has 0 aliphatic heterocycles. The molecule has 4 heteroatoms. The Morgan fingerprint density at radius 1 is 1.14 bits per heavy atom. The predicted molar refractivity (Wildman–Crippen MR) is 60.1 cm³/mol. The van der Waals surface area contributed by atoms with E-state index in [-0.39, 0.29) is 0 Å². The second-order valence-corrected chi connectivity index (χ2v) is 4.65. The Balaban J connectivity index is 3.49. The van der Waals surface area contributed by atoms with E-state index in [4.69, 9.17) is 40.1 Å². The molecule has 0 saturated heterocycles. The van der Waals surface area contributed by atoms with Crippen LogP contribution in [0, 0.1) is 11.3 Å². The van der Waals surface area contributed by atoms with E-state index in [2.05, 4.69) is 6.07 Å². The summed E-state index contributed by atoms with van der Waals surface area (Å²) in [5, 5.41) is 10.2. The van der Waals surface area contributed by atoms with Crippen molar-refractivity contribution in [3.63, 3.8) is 0 Å². The summed E-state index contributed by atoms with van der Waals surface area (Å²) in [4.78, 5) is 0. The van der Waals surface area contributed by atoms with Gasteiger partial charge in [0.2, 0.25) is 0 Å². The first-order chi connectivity index (χ1) is 6.40. The zero-order valence-electron chi connectivity index (χ0n) is 7.74. The number of halogens is 3. The van der Waals surface area contributed by atoms with Crippen molar-refractivity contribution in [2.75, 3.05) is 0 Å². The summed E-state index contributed by atoms with van der Waals surface area (Å²) in [5.41, 5.74) is -0.158. The lowest BCUT2D eigenvalue weighted by molar-refractivity contribution is 0.687. The van der Waals surface area contributed by atoms with Crippen molar-refractivity contribution in [1.82, 2.24) is 0 Å². The number of hydrogen-bond donors (Lipinski definition) is 0. The van der Waals surface area contributed by atoms with Crippen molar-refractivity contribution >= 4 is 34.8 Å². The van der Waals surface area contributed by atoms with Crippen LogP contribution in [-0.2, 0) is 5.41 Å². The fraction of sp³-hybridized carbons (Fsp3) is 0.300. The molecule has 0 heterocycles. The molecule has 0 amide bonds. The van der Waals surface area contributed by atoms with Crippen molar-refractivity contribution in [2.24, 2.45) is 0 Å². The molecule has 0 aliphatic rings. The van der Waals surface area contributed by atoms with E-state index in [1.807, 2.05) is 0 Å². The normalized spacial score (nSPS) is 11.1. The molecule has 0 spiro atoms. The molecule has 0 aromatic heterocycles. The van der Waals surface area contributed by atoms with Gasteiger partial charge in [-0.1, -0.05) is 34.8 Å². The standard InChI is InChI=1S/C10H8Cl3N/c1-10(2,5-14)8-6(11)3-4-7(12)9(8)13/h3-4H,1-2H3. The van der Waals surface area contributed by atoms with E-state index in [9.17, 15) is 0 Å².